The van der Waals surface area contributed by atoms with Gasteiger partial charge in [-0.3, -0.25) is 4.79 Å². The number of carbonyl (C=O) groups is 1. The molecule has 6 heteroatoms. The Morgan fingerprint density at radius 3 is 2.70 bits per heavy atom. The van der Waals surface area contributed by atoms with E-state index in [1.165, 1.54) is 0 Å². The molecule has 5 nitrogen and oxygen atoms in total. The molecular formula is C21H25NO4S. The maximum atomic E-state index is 12.4. The highest BCUT2D eigenvalue weighted by Gasteiger charge is 2.38. The average molecular weight is 388 g/mol. The summed E-state index contributed by atoms with van der Waals surface area (Å²) in [6.45, 7) is 4.36. The minimum absolute atomic E-state index is 0.00784. The van der Waals surface area contributed by atoms with Crippen LogP contribution < -0.4 is 14.8 Å². The smallest absolute Gasteiger partial charge is 0.234 e. The van der Waals surface area contributed by atoms with Crippen LogP contribution in [0, 0.1) is 0 Å². The van der Waals surface area contributed by atoms with Crippen molar-refractivity contribution in [3.05, 3.63) is 48.0 Å². The van der Waals surface area contributed by atoms with Crippen molar-refractivity contribution in [2.75, 3.05) is 24.8 Å². The third-order valence-electron chi connectivity index (χ3n) is 4.79. The highest BCUT2D eigenvalue weighted by molar-refractivity contribution is 7.91. The van der Waals surface area contributed by atoms with Crippen molar-refractivity contribution in [1.29, 1.82) is 0 Å². The van der Waals surface area contributed by atoms with Crippen molar-refractivity contribution in [2.45, 2.75) is 37.0 Å². The molecule has 0 aliphatic carbocycles. The van der Waals surface area contributed by atoms with E-state index in [1.54, 1.807) is 7.11 Å². The number of hydrogen-bond acceptors (Lipinski definition) is 4. The second-order valence-electron chi connectivity index (χ2n) is 7.04. The molecule has 1 unspecified atom stereocenters. The first kappa shape index (κ1) is 19.6. The molecule has 0 bridgehead atoms. The maximum Gasteiger partial charge on any atom is 0.234 e. The first-order chi connectivity index (χ1) is 12.9. The SMILES string of the molecule is COc1ccccc1[S+]([O-])CCCCOc1ccc2c(c1)C(C)(C)C(=O)N2. The second-order valence-corrected chi connectivity index (χ2v) is 8.58. The Morgan fingerprint density at radius 2 is 1.93 bits per heavy atom. The topological polar surface area (TPSA) is 70.6 Å². The molecule has 0 aromatic heterocycles. The van der Waals surface area contributed by atoms with Crippen molar-refractivity contribution in [1.82, 2.24) is 0 Å². The molecule has 1 amide bonds. The molecule has 0 saturated carbocycles. The van der Waals surface area contributed by atoms with Crippen LogP contribution in [0.5, 0.6) is 11.5 Å². The summed E-state index contributed by atoms with van der Waals surface area (Å²) >= 11 is -1.08. The van der Waals surface area contributed by atoms with Crippen LogP contribution >= 0.6 is 0 Å². The number of amides is 1. The minimum atomic E-state index is -1.08. The third kappa shape index (κ3) is 4.22. The normalized spacial score (nSPS) is 15.8. The van der Waals surface area contributed by atoms with Gasteiger partial charge in [0, 0.05) is 5.69 Å². The van der Waals surface area contributed by atoms with Crippen LogP contribution in [0.4, 0.5) is 5.69 Å². The molecule has 1 atom stereocenters. The second kappa shape index (κ2) is 8.23. The molecule has 1 aliphatic heterocycles. The predicted octanol–water partition coefficient (Wildman–Crippen LogP) is 3.89. The summed E-state index contributed by atoms with van der Waals surface area (Å²) in [6.07, 6.45) is 1.60. The Hall–Kier alpha value is -2.18. The molecular weight excluding hydrogens is 362 g/mol. The summed E-state index contributed by atoms with van der Waals surface area (Å²) in [5, 5.41) is 2.89. The zero-order chi connectivity index (χ0) is 19.4. The lowest BCUT2D eigenvalue weighted by atomic mass is 9.86. The van der Waals surface area contributed by atoms with Gasteiger partial charge in [0.2, 0.25) is 5.91 Å². The Bertz CT molecular complexity index is 822. The number of unbranched alkanes of at least 4 members (excludes halogenated alkanes) is 1. The van der Waals surface area contributed by atoms with Crippen LogP contribution in [0.3, 0.4) is 0 Å². The zero-order valence-corrected chi connectivity index (χ0v) is 16.7. The quantitative estimate of drug-likeness (QED) is 0.551. The number of nitrogens with one attached hydrogen (secondary N) is 1. The highest BCUT2D eigenvalue weighted by Crippen LogP contribution is 2.39. The summed E-state index contributed by atoms with van der Waals surface area (Å²) < 4.78 is 23.5. The first-order valence-corrected chi connectivity index (χ1v) is 10.4. The molecule has 144 valence electrons. The van der Waals surface area contributed by atoms with Gasteiger partial charge in [0.15, 0.2) is 10.6 Å². The van der Waals surface area contributed by atoms with Crippen molar-refractivity contribution >= 4 is 22.8 Å². The van der Waals surface area contributed by atoms with E-state index >= 15 is 0 Å². The van der Waals surface area contributed by atoms with Crippen molar-refractivity contribution in [3.8, 4) is 11.5 Å². The Balaban J connectivity index is 1.47. The van der Waals surface area contributed by atoms with Crippen LogP contribution in [0.25, 0.3) is 0 Å². The van der Waals surface area contributed by atoms with E-state index in [4.69, 9.17) is 9.47 Å². The summed E-state index contributed by atoms with van der Waals surface area (Å²) in [5.41, 5.74) is 1.27. The molecule has 1 N–H and O–H groups in total. The van der Waals surface area contributed by atoms with Gasteiger partial charge in [-0.25, -0.2) is 0 Å². The summed E-state index contributed by atoms with van der Waals surface area (Å²) in [4.78, 5) is 12.7. The summed E-state index contributed by atoms with van der Waals surface area (Å²) in [5.74, 6) is 1.99. The Morgan fingerprint density at radius 1 is 1.15 bits per heavy atom. The van der Waals surface area contributed by atoms with Gasteiger partial charge in [0.05, 0.1) is 19.1 Å². The van der Waals surface area contributed by atoms with Gasteiger partial charge in [0.25, 0.3) is 0 Å². The lowest BCUT2D eigenvalue weighted by Gasteiger charge is -2.16. The number of anilines is 1. The number of para-hydroxylation sites is 1. The molecule has 1 heterocycles. The fraction of sp³-hybridized carbons (Fsp3) is 0.381. The number of hydrogen-bond donors (Lipinski definition) is 1. The van der Waals surface area contributed by atoms with E-state index in [-0.39, 0.29) is 5.91 Å². The van der Waals surface area contributed by atoms with Gasteiger partial charge in [-0.05, 0) is 73.8 Å². The maximum absolute atomic E-state index is 12.4. The van der Waals surface area contributed by atoms with Crippen LogP contribution in [0.2, 0.25) is 0 Å². The van der Waals surface area contributed by atoms with Gasteiger partial charge in [-0.2, -0.15) is 0 Å². The van der Waals surface area contributed by atoms with Crippen molar-refractivity contribution < 1.29 is 18.8 Å². The lowest BCUT2D eigenvalue weighted by molar-refractivity contribution is -0.119. The summed E-state index contributed by atoms with van der Waals surface area (Å²) in [7, 11) is 1.59. The van der Waals surface area contributed by atoms with Crippen molar-refractivity contribution in [3.63, 3.8) is 0 Å². The van der Waals surface area contributed by atoms with E-state index in [9.17, 15) is 9.35 Å². The van der Waals surface area contributed by atoms with Gasteiger partial charge in [-0.15, -0.1) is 0 Å². The molecule has 3 rings (SSSR count). The third-order valence-corrected chi connectivity index (χ3v) is 6.27. The molecule has 0 saturated heterocycles. The van der Waals surface area contributed by atoms with Gasteiger partial charge >= 0.3 is 0 Å². The van der Waals surface area contributed by atoms with E-state index in [2.05, 4.69) is 5.32 Å². The van der Waals surface area contributed by atoms with Crippen LogP contribution in [0.1, 0.15) is 32.3 Å². The first-order valence-electron chi connectivity index (χ1n) is 9.03. The number of ether oxygens (including phenoxy) is 2. The van der Waals surface area contributed by atoms with Gasteiger partial charge < -0.3 is 19.3 Å². The average Bonchev–Trinajstić information content (AvgIpc) is 2.90. The predicted molar refractivity (Wildman–Crippen MR) is 107 cm³/mol. The molecule has 0 radical (unpaired) electrons. The number of methoxy groups -OCH3 is 1. The van der Waals surface area contributed by atoms with E-state index in [0.29, 0.717) is 18.1 Å². The highest BCUT2D eigenvalue weighted by atomic mass is 32.2. The van der Waals surface area contributed by atoms with Gasteiger partial charge in [0.1, 0.15) is 11.5 Å². The minimum Gasteiger partial charge on any atom is -0.611 e. The van der Waals surface area contributed by atoms with E-state index in [1.807, 2.05) is 56.3 Å². The number of fused-ring (bicyclic) bond motifs is 1. The van der Waals surface area contributed by atoms with Crippen LogP contribution in [0.15, 0.2) is 47.4 Å². The molecule has 0 spiro atoms. The monoisotopic (exact) mass is 387 g/mol. The van der Waals surface area contributed by atoms with Crippen LogP contribution in [-0.2, 0) is 21.4 Å². The number of carbonyl (C=O) groups excluding carboxylic acids is 1. The number of benzene rings is 2. The number of rotatable bonds is 8. The Labute approximate surface area is 163 Å². The lowest BCUT2D eigenvalue weighted by Crippen LogP contribution is -2.26. The fourth-order valence-electron chi connectivity index (χ4n) is 3.08. The molecule has 0 fully saturated rings. The summed E-state index contributed by atoms with van der Waals surface area (Å²) in [6, 6.07) is 13.1. The molecule has 1 aliphatic rings. The standard InChI is InChI=1S/C21H25NO4S/c1-21(2)16-14-15(10-11-17(16)22-20(21)23)26-12-6-7-13-27(24)19-9-5-4-8-18(19)25-3/h4-5,8-11,14H,6-7,12-13H2,1-3H3,(H,22,23). The van der Waals surface area contributed by atoms with Crippen LogP contribution in [-0.4, -0.2) is 29.9 Å². The molecule has 2 aromatic carbocycles. The van der Waals surface area contributed by atoms with Gasteiger partial charge in [-0.1, -0.05) is 12.1 Å². The van der Waals surface area contributed by atoms with Crippen molar-refractivity contribution in [2.24, 2.45) is 0 Å². The van der Waals surface area contributed by atoms with E-state index in [0.717, 1.165) is 34.7 Å². The Kier molecular flexibility index (Phi) is 5.97. The largest absolute Gasteiger partial charge is 0.611 e. The fourth-order valence-corrected chi connectivity index (χ4v) is 4.37. The molecule has 2 aromatic rings. The zero-order valence-electron chi connectivity index (χ0n) is 15.9. The van der Waals surface area contributed by atoms with E-state index < -0.39 is 16.6 Å². The molecule has 27 heavy (non-hydrogen) atoms.